The second-order valence-electron chi connectivity index (χ2n) is 6.28. The van der Waals surface area contributed by atoms with E-state index in [-0.39, 0.29) is 18.0 Å². The highest BCUT2D eigenvalue weighted by Gasteiger charge is 2.31. The largest absolute Gasteiger partial charge is 0.475 e. The Morgan fingerprint density at radius 1 is 1.32 bits per heavy atom. The van der Waals surface area contributed by atoms with Gasteiger partial charge in [-0.3, -0.25) is 9.78 Å². The summed E-state index contributed by atoms with van der Waals surface area (Å²) in [5.41, 5.74) is 2.80. The molecule has 0 saturated heterocycles. The summed E-state index contributed by atoms with van der Waals surface area (Å²) in [4.78, 5) is 18.2. The lowest BCUT2D eigenvalue weighted by molar-refractivity contribution is 0.139. The summed E-state index contributed by atoms with van der Waals surface area (Å²) in [7, 11) is 0. The number of hydrogen-bond donors (Lipinski definition) is 2. The Morgan fingerprint density at radius 2 is 2.11 bits per heavy atom. The summed E-state index contributed by atoms with van der Waals surface area (Å²) in [6.45, 7) is 0.777. The van der Waals surface area contributed by atoms with Crippen LogP contribution in [0.4, 0.5) is 11.4 Å². The van der Waals surface area contributed by atoms with E-state index in [0.29, 0.717) is 28.1 Å². The molecular formula is C19H16BrClN4O3. The fourth-order valence-electron chi connectivity index (χ4n) is 3.00. The molecule has 0 radical (unpaired) electrons. The van der Waals surface area contributed by atoms with E-state index in [1.807, 2.05) is 17.0 Å². The zero-order valence-electron chi connectivity index (χ0n) is 14.6. The van der Waals surface area contributed by atoms with E-state index in [1.54, 1.807) is 30.5 Å². The van der Waals surface area contributed by atoms with Crippen molar-refractivity contribution in [3.8, 4) is 5.88 Å². The lowest BCUT2D eigenvalue weighted by atomic mass is 10.1. The molecule has 2 N–H and O–H groups in total. The number of aliphatic hydroxyl groups is 1. The molecule has 1 atom stereocenters. The van der Waals surface area contributed by atoms with Crippen LogP contribution in [0.3, 0.4) is 0 Å². The van der Waals surface area contributed by atoms with Crippen LogP contribution in [0.15, 0.2) is 51.9 Å². The van der Waals surface area contributed by atoms with Gasteiger partial charge in [-0.15, -0.1) is 5.10 Å². The zero-order chi connectivity index (χ0) is 19.7. The van der Waals surface area contributed by atoms with Crippen LogP contribution in [0.5, 0.6) is 5.88 Å². The van der Waals surface area contributed by atoms with Gasteiger partial charge in [0.25, 0.3) is 11.4 Å². The molecule has 0 fully saturated rings. The predicted molar refractivity (Wildman–Crippen MR) is 109 cm³/mol. The maximum atomic E-state index is 12.0. The van der Waals surface area contributed by atoms with E-state index < -0.39 is 6.10 Å². The van der Waals surface area contributed by atoms with Gasteiger partial charge in [0.1, 0.15) is 10.2 Å². The minimum absolute atomic E-state index is 0.218. The number of benzene rings is 1. The molecule has 0 spiro atoms. The Kier molecular flexibility index (Phi) is 5.34. The molecular weight excluding hydrogens is 448 g/mol. The molecule has 1 aliphatic rings. The molecule has 3 heterocycles. The molecule has 2 aromatic heterocycles. The Morgan fingerprint density at radius 3 is 2.86 bits per heavy atom. The second kappa shape index (κ2) is 7.90. The topological polar surface area (TPSA) is 91.3 Å². The molecule has 1 unspecified atom stereocenters. The summed E-state index contributed by atoms with van der Waals surface area (Å²) in [5, 5.41) is 17.4. The summed E-state index contributed by atoms with van der Waals surface area (Å²) < 4.78 is 6.14. The molecule has 0 saturated carbocycles. The molecule has 28 heavy (non-hydrogen) atoms. The first kappa shape index (κ1) is 18.9. The van der Waals surface area contributed by atoms with E-state index in [4.69, 9.17) is 16.3 Å². The highest BCUT2D eigenvalue weighted by atomic mass is 79.9. The van der Waals surface area contributed by atoms with Gasteiger partial charge >= 0.3 is 0 Å². The number of H-pyrrole nitrogens is 1. The third-order valence-electron chi connectivity index (χ3n) is 4.49. The number of aliphatic hydroxyl groups excluding tert-OH is 1. The minimum atomic E-state index is -0.694. The zero-order valence-corrected chi connectivity index (χ0v) is 16.9. The van der Waals surface area contributed by atoms with Gasteiger partial charge < -0.3 is 14.7 Å². The maximum Gasteiger partial charge on any atom is 0.280 e. The smallest absolute Gasteiger partial charge is 0.280 e. The van der Waals surface area contributed by atoms with Crippen LogP contribution >= 0.6 is 27.5 Å². The molecule has 1 aliphatic heterocycles. The summed E-state index contributed by atoms with van der Waals surface area (Å²) >= 11 is 9.21. The second-order valence-corrected chi connectivity index (χ2v) is 7.51. The van der Waals surface area contributed by atoms with Crippen molar-refractivity contribution in [1.82, 2.24) is 15.2 Å². The predicted octanol–water partition coefficient (Wildman–Crippen LogP) is 3.74. The van der Waals surface area contributed by atoms with E-state index in [9.17, 15) is 9.90 Å². The molecule has 4 rings (SSSR count). The summed E-state index contributed by atoms with van der Waals surface area (Å²) in [6.07, 6.45) is 1.40. The monoisotopic (exact) mass is 462 g/mol. The fraction of sp³-hybridized carbons (Fsp3) is 0.211. The van der Waals surface area contributed by atoms with Crippen molar-refractivity contribution < 1.29 is 9.84 Å². The van der Waals surface area contributed by atoms with Crippen molar-refractivity contribution in [3.63, 3.8) is 0 Å². The Hall–Kier alpha value is -2.42. The molecule has 9 heteroatoms. The first-order chi connectivity index (χ1) is 13.5. The first-order valence-corrected chi connectivity index (χ1v) is 9.77. The van der Waals surface area contributed by atoms with E-state index in [2.05, 4.69) is 31.1 Å². The number of nitrogens with zero attached hydrogens (tertiary/aromatic N) is 3. The quantitative estimate of drug-likeness (QED) is 0.579. The van der Waals surface area contributed by atoms with Crippen LogP contribution in [0.2, 0.25) is 5.02 Å². The van der Waals surface area contributed by atoms with Gasteiger partial charge in [-0.2, -0.15) is 0 Å². The number of pyridine rings is 1. The highest BCUT2D eigenvalue weighted by molar-refractivity contribution is 9.10. The molecule has 144 valence electrons. The van der Waals surface area contributed by atoms with E-state index >= 15 is 0 Å². The van der Waals surface area contributed by atoms with Gasteiger partial charge in [-0.25, -0.2) is 5.10 Å². The summed E-state index contributed by atoms with van der Waals surface area (Å²) in [6, 6.07) is 10.8. The van der Waals surface area contributed by atoms with Gasteiger partial charge in [0.05, 0.1) is 30.6 Å². The van der Waals surface area contributed by atoms with Crippen LogP contribution < -0.4 is 15.2 Å². The van der Waals surface area contributed by atoms with Crippen molar-refractivity contribution in [2.75, 3.05) is 11.5 Å². The highest BCUT2D eigenvalue weighted by Crippen LogP contribution is 2.44. The van der Waals surface area contributed by atoms with Gasteiger partial charge in [0.15, 0.2) is 0 Å². The van der Waals surface area contributed by atoms with Crippen LogP contribution in [0.25, 0.3) is 0 Å². The number of hydrogen-bond acceptors (Lipinski definition) is 6. The lowest BCUT2D eigenvalue weighted by Gasteiger charge is -2.35. The van der Waals surface area contributed by atoms with Crippen molar-refractivity contribution in [2.24, 2.45) is 0 Å². The number of fused-ring (bicyclic) bond motifs is 1. The number of anilines is 2. The number of rotatable bonds is 6. The SMILES string of the molecule is O=c1[nH]nc(OCCC(O)c2ccc(Cl)cc2)c(N2Cc3ncccc32)c1Br. The van der Waals surface area contributed by atoms with Gasteiger partial charge in [0.2, 0.25) is 0 Å². The number of aromatic nitrogens is 3. The van der Waals surface area contributed by atoms with Crippen LogP contribution in [-0.4, -0.2) is 26.9 Å². The van der Waals surface area contributed by atoms with Crippen molar-refractivity contribution in [2.45, 2.75) is 19.1 Å². The molecule has 0 bridgehead atoms. The average molecular weight is 464 g/mol. The summed E-state index contributed by atoms with van der Waals surface area (Å²) in [5.74, 6) is 0.282. The third kappa shape index (κ3) is 3.63. The molecule has 0 aliphatic carbocycles. The number of nitrogens with one attached hydrogen (secondary N) is 1. The number of halogens is 2. The number of ether oxygens (including phenoxy) is 1. The average Bonchev–Trinajstić information content (AvgIpc) is 2.68. The maximum absolute atomic E-state index is 12.0. The van der Waals surface area contributed by atoms with Crippen molar-refractivity contribution in [3.05, 3.63) is 73.7 Å². The fourth-order valence-corrected chi connectivity index (χ4v) is 3.60. The normalized spacial score (nSPS) is 13.6. The molecule has 7 nitrogen and oxygen atoms in total. The van der Waals surface area contributed by atoms with Gasteiger partial charge in [-0.1, -0.05) is 23.7 Å². The van der Waals surface area contributed by atoms with Crippen molar-refractivity contribution in [1.29, 1.82) is 0 Å². The van der Waals surface area contributed by atoms with Crippen LogP contribution in [0.1, 0.15) is 23.8 Å². The Balaban J connectivity index is 1.50. The molecule has 3 aromatic rings. The lowest BCUT2D eigenvalue weighted by Crippen LogP contribution is -2.31. The van der Waals surface area contributed by atoms with Crippen molar-refractivity contribution >= 4 is 38.9 Å². The van der Waals surface area contributed by atoms with E-state index in [1.165, 1.54) is 0 Å². The Bertz CT molecular complexity index is 1060. The van der Waals surface area contributed by atoms with Crippen LogP contribution in [0, 0.1) is 0 Å². The molecule has 1 aromatic carbocycles. The minimum Gasteiger partial charge on any atom is -0.475 e. The standard InChI is InChI=1S/C19H16BrClN4O3/c20-16-17(25-10-13-14(25)2-1-8-22-13)19(24-23-18(16)27)28-9-7-15(26)11-3-5-12(21)6-4-11/h1-6,8,15,26H,7,9-10H2,(H,23,27). The first-order valence-electron chi connectivity index (χ1n) is 8.60. The molecule has 0 amide bonds. The van der Waals surface area contributed by atoms with Gasteiger partial charge in [0, 0.05) is 17.6 Å². The van der Waals surface area contributed by atoms with E-state index in [0.717, 1.165) is 16.9 Å². The Labute approximate surface area is 174 Å². The number of aromatic amines is 1. The third-order valence-corrected chi connectivity index (χ3v) is 5.48. The van der Waals surface area contributed by atoms with Crippen LogP contribution in [-0.2, 0) is 6.54 Å². The van der Waals surface area contributed by atoms with Gasteiger partial charge in [-0.05, 0) is 45.8 Å².